The second-order valence-corrected chi connectivity index (χ2v) is 8.52. The van der Waals surface area contributed by atoms with E-state index in [1.54, 1.807) is 19.0 Å². The zero-order valence-electron chi connectivity index (χ0n) is 15.3. The van der Waals surface area contributed by atoms with Crippen LogP contribution in [0.5, 0.6) is 0 Å². The minimum atomic E-state index is -0.193. The fourth-order valence-electron chi connectivity index (χ4n) is 4.53. The second kappa shape index (κ2) is 6.41. The minimum Gasteiger partial charge on any atom is -0.342 e. The molecular weight excluding hydrogens is 302 g/mol. The van der Waals surface area contributed by atoms with Crippen molar-refractivity contribution in [3.05, 3.63) is 12.2 Å². The van der Waals surface area contributed by atoms with Gasteiger partial charge in [-0.15, -0.1) is 0 Å². The molecule has 1 spiro atoms. The Hall–Kier alpha value is -1.52. The number of carbonyl (C=O) groups is 2. The Labute approximate surface area is 145 Å². The predicted molar refractivity (Wildman–Crippen MR) is 94.6 cm³/mol. The standard InChI is InChI=1S/C19H31N3O2/c1-18(7-5-4-6-8-18)16(23)22-11-9-19(10-12-22)13-15(14-19)20-17(24)21(2)3/h4-5,15H,6-14H2,1-3H3,(H,20,24). The maximum atomic E-state index is 12.9. The Morgan fingerprint density at radius 1 is 1.12 bits per heavy atom. The summed E-state index contributed by atoms with van der Waals surface area (Å²) in [5.74, 6) is 0.346. The van der Waals surface area contributed by atoms with Gasteiger partial charge in [0.15, 0.2) is 0 Å². The highest BCUT2D eigenvalue weighted by atomic mass is 16.2. The molecule has 1 aliphatic heterocycles. The highest BCUT2D eigenvalue weighted by Crippen LogP contribution is 2.49. The molecule has 3 aliphatic rings. The highest BCUT2D eigenvalue weighted by Gasteiger charge is 2.48. The molecule has 1 saturated carbocycles. The minimum absolute atomic E-state index is 0.000687. The van der Waals surface area contributed by atoms with Gasteiger partial charge >= 0.3 is 6.03 Å². The summed E-state index contributed by atoms with van der Waals surface area (Å²) in [6.07, 6.45) is 11.5. The van der Waals surface area contributed by atoms with E-state index in [9.17, 15) is 9.59 Å². The van der Waals surface area contributed by atoms with Gasteiger partial charge in [-0.2, -0.15) is 0 Å². The molecule has 1 N–H and O–H groups in total. The topological polar surface area (TPSA) is 52.7 Å². The van der Waals surface area contributed by atoms with E-state index in [1.807, 2.05) is 0 Å². The predicted octanol–water partition coefficient (Wildman–Crippen LogP) is 2.78. The molecule has 5 nitrogen and oxygen atoms in total. The number of rotatable bonds is 2. The average Bonchev–Trinajstić information content (AvgIpc) is 2.54. The van der Waals surface area contributed by atoms with Crippen molar-refractivity contribution >= 4 is 11.9 Å². The molecule has 1 unspecified atom stereocenters. The van der Waals surface area contributed by atoms with Gasteiger partial charge in [-0.1, -0.05) is 19.1 Å². The third-order valence-corrected chi connectivity index (χ3v) is 6.32. The molecule has 24 heavy (non-hydrogen) atoms. The van der Waals surface area contributed by atoms with E-state index in [2.05, 4.69) is 29.3 Å². The first-order valence-corrected chi connectivity index (χ1v) is 9.26. The van der Waals surface area contributed by atoms with Crippen molar-refractivity contribution in [2.45, 2.75) is 57.9 Å². The average molecular weight is 333 g/mol. The van der Waals surface area contributed by atoms with Gasteiger partial charge in [0.1, 0.15) is 0 Å². The summed E-state index contributed by atoms with van der Waals surface area (Å²) < 4.78 is 0. The monoisotopic (exact) mass is 333 g/mol. The first-order chi connectivity index (χ1) is 11.3. The Morgan fingerprint density at radius 2 is 1.79 bits per heavy atom. The maximum absolute atomic E-state index is 12.9. The summed E-state index contributed by atoms with van der Waals surface area (Å²) in [5.41, 5.74) is 0.162. The van der Waals surface area contributed by atoms with Gasteiger partial charge in [-0.25, -0.2) is 4.79 Å². The second-order valence-electron chi connectivity index (χ2n) is 8.52. The molecule has 0 radical (unpaired) electrons. The first-order valence-electron chi connectivity index (χ1n) is 9.26. The summed E-state index contributed by atoms with van der Waals surface area (Å²) in [7, 11) is 3.55. The van der Waals surface area contributed by atoms with Gasteiger partial charge < -0.3 is 15.1 Å². The van der Waals surface area contributed by atoms with Gasteiger partial charge in [0, 0.05) is 33.2 Å². The van der Waals surface area contributed by atoms with Crippen molar-refractivity contribution in [3.63, 3.8) is 0 Å². The third kappa shape index (κ3) is 3.31. The summed E-state index contributed by atoms with van der Waals surface area (Å²) in [6.45, 7) is 3.89. The van der Waals surface area contributed by atoms with Gasteiger partial charge in [-0.3, -0.25) is 4.79 Å². The number of hydrogen-bond acceptors (Lipinski definition) is 2. The molecule has 134 valence electrons. The van der Waals surface area contributed by atoms with E-state index in [0.29, 0.717) is 17.4 Å². The molecule has 2 fully saturated rings. The van der Waals surface area contributed by atoms with Gasteiger partial charge in [-0.05, 0) is 50.4 Å². The fourth-order valence-corrected chi connectivity index (χ4v) is 4.53. The highest BCUT2D eigenvalue weighted by molar-refractivity contribution is 5.83. The van der Waals surface area contributed by atoms with Crippen LogP contribution >= 0.6 is 0 Å². The molecule has 0 aromatic rings. The smallest absolute Gasteiger partial charge is 0.317 e. The van der Waals surface area contributed by atoms with Crippen molar-refractivity contribution < 1.29 is 9.59 Å². The van der Waals surface area contributed by atoms with Crippen molar-refractivity contribution in [1.29, 1.82) is 0 Å². The molecule has 0 bridgehead atoms. The molecule has 0 aromatic heterocycles. The lowest BCUT2D eigenvalue weighted by Crippen LogP contribution is -2.57. The summed E-state index contributed by atoms with van der Waals surface area (Å²) in [5, 5.41) is 3.08. The summed E-state index contributed by atoms with van der Waals surface area (Å²) in [6, 6.07) is 0.309. The number of hydrogen-bond donors (Lipinski definition) is 1. The first kappa shape index (κ1) is 17.3. The third-order valence-electron chi connectivity index (χ3n) is 6.32. The van der Waals surface area contributed by atoms with Crippen LogP contribution in [0.1, 0.15) is 51.9 Å². The van der Waals surface area contributed by atoms with Gasteiger partial charge in [0.25, 0.3) is 0 Å². The lowest BCUT2D eigenvalue weighted by molar-refractivity contribution is -0.145. The zero-order chi connectivity index (χ0) is 17.4. The Balaban J connectivity index is 1.48. The van der Waals surface area contributed by atoms with Crippen LogP contribution in [0.4, 0.5) is 4.79 Å². The number of nitrogens with zero attached hydrogens (tertiary/aromatic N) is 2. The molecule has 3 rings (SSSR count). The number of carbonyl (C=O) groups excluding carboxylic acids is 2. The lowest BCUT2D eigenvalue weighted by atomic mass is 9.60. The van der Waals surface area contributed by atoms with Crippen LogP contribution in [-0.2, 0) is 4.79 Å². The number of piperidine rings is 1. The Morgan fingerprint density at radius 3 is 2.33 bits per heavy atom. The van der Waals surface area contributed by atoms with E-state index < -0.39 is 0 Å². The number of likely N-dealkylation sites (tertiary alicyclic amines) is 1. The van der Waals surface area contributed by atoms with E-state index in [4.69, 9.17) is 0 Å². The Bertz CT molecular complexity index is 527. The van der Waals surface area contributed by atoms with Crippen molar-refractivity contribution in [3.8, 4) is 0 Å². The number of allylic oxidation sites excluding steroid dienone is 2. The van der Waals surface area contributed by atoms with Crippen LogP contribution in [0, 0.1) is 10.8 Å². The van der Waals surface area contributed by atoms with Crippen LogP contribution in [0.25, 0.3) is 0 Å². The molecule has 3 amide bonds. The van der Waals surface area contributed by atoms with Gasteiger partial charge in [0.05, 0.1) is 5.41 Å². The van der Waals surface area contributed by atoms with E-state index >= 15 is 0 Å². The number of amides is 3. The van der Waals surface area contributed by atoms with Crippen LogP contribution in [0.2, 0.25) is 0 Å². The van der Waals surface area contributed by atoms with E-state index in [1.165, 1.54) is 0 Å². The van der Waals surface area contributed by atoms with Crippen LogP contribution in [0.15, 0.2) is 12.2 Å². The lowest BCUT2D eigenvalue weighted by Gasteiger charge is -2.53. The molecular formula is C19H31N3O2. The fraction of sp³-hybridized carbons (Fsp3) is 0.789. The molecule has 1 atom stereocenters. The molecule has 1 saturated heterocycles. The molecule has 2 aliphatic carbocycles. The van der Waals surface area contributed by atoms with Crippen LogP contribution in [0.3, 0.4) is 0 Å². The molecule has 1 heterocycles. The van der Waals surface area contributed by atoms with E-state index in [0.717, 1.165) is 58.0 Å². The maximum Gasteiger partial charge on any atom is 0.317 e. The van der Waals surface area contributed by atoms with Crippen molar-refractivity contribution in [2.75, 3.05) is 27.2 Å². The van der Waals surface area contributed by atoms with Crippen molar-refractivity contribution in [2.24, 2.45) is 10.8 Å². The largest absolute Gasteiger partial charge is 0.342 e. The molecule has 5 heteroatoms. The Kier molecular flexibility index (Phi) is 4.63. The quantitative estimate of drug-likeness (QED) is 0.790. The van der Waals surface area contributed by atoms with Gasteiger partial charge in [0.2, 0.25) is 5.91 Å². The van der Waals surface area contributed by atoms with Crippen molar-refractivity contribution in [1.82, 2.24) is 15.1 Å². The normalized spacial score (nSPS) is 29.2. The number of nitrogens with one attached hydrogen (secondary N) is 1. The SMILES string of the molecule is CN(C)C(=O)NC1CC2(CCN(C(=O)C3(C)CC=CCC3)CC2)C1. The van der Waals surface area contributed by atoms with E-state index in [-0.39, 0.29) is 11.4 Å². The summed E-state index contributed by atoms with van der Waals surface area (Å²) in [4.78, 5) is 28.3. The van der Waals surface area contributed by atoms with Crippen LogP contribution < -0.4 is 5.32 Å². The summed E-state index contributed by atoms with van der Waals surface area (Å²) >= 11 is 0. The van der Waals surface area contributed by atoms with Crippen LogP contribution in [-0.4, -0.2) is 55.0 Å². The molecule has 0 aromatic carbocycles. The number of urea groups is 1. The zero-order valence-corrected chi connectivity index (χ0v) is 15.3.